The number of hydrogen-bond acceptors (Lipinski definition) is 7. The molecule has 156 valence electrons. The normalized spacial score (nSPS) is 20.0. The first-order valence-electron chi connectivity index (χ1n) is 9.25. The first kappa shape index (κ1) is 21.9. The van der Waals surface area contributed by atoms with E-state index in [4.69, 9.17) is 30.3 Å². The van der Waals surface area contributed by atoms with Crippen molar-refractivity contribution in [1.82, 2.24) is 8.38 Å². The molecule has 7 nitrogen and oxygen atoms in total. The third-order valence-corrected chi connectivity index (χ3v) is 9.48. The highest BCUT2D eigenvalue weighted by Gasteiger charge is 2.37. The van der Waals surface area contributed by atoms with Crippen LogP contribution in [0.15, 0.2) is 18.2 Å². The molecule has 28 heavy (non-hydrogen) atoms. The second-order valence-corrected chi connectivity index (χ2v) is 12.3. The maximum absolute atomic E-state index is 12.7. The Kier molecular flexibility index (Phi) is 6.64. The number of amides is 1. The molecular formula is C18H27N2O5PS2. The van der Waals surface area contributed by atoms with Crippen molar-refractivity contribution < 1.29 is 23.3 Å². The number of para-hydroxylation sites is 1. The van der Waals surface area contributed by atoms with E-state index < -0.39 is 12.7 Å². The monoisotopic (exact) mass is 446 g/mol. The quantitative estimate of drug-likeness (QED) is 0.474. The lowest BCUT2D eigenvalue weighted by Crippen LogP contribution is -2.33. The Labute approximate surface area is 176 Å². The zero-order chi connectivity index (χ0) is 20.5. The lowest BCUT2D eigenvalue weighted by molar-refractivity contribution is 0.131. The second kappa shape index (κ2) is 8.50. The van der Waals surface area contributed by atoms with E-state index in [0.717, 1.165) is 18.4 Å². The van der Waals surface area contributed by atoms with Gasteiger partial charge in [-0.2, -0.15) is 4.08 Å². The summed E-state index contributed by atoms with van der Waals surface area (Å²) in [6.45, 7) is 6.50. The number of rotatable bonds is 5. The van der Waals surface area contributed by atoms with Crippen LogP contribution < -0.4 is 9.47 Å². The summed E-state index contributed by atoms with van der Waals surface area (Å²) in [6.07, 6.45) is 1.08. The fourth-order valence-electron chi connectivity index (χ4n) is 2.98. The second-order valence-electron chi connectivity index (χ2n) is 7.61. The zero-order valence-electron chi connectivity index (χ0n) is 16.8. The van der Waals surface area contributed by atoms with E-state index in [9.17, 15) is 4.79 Å². The number of carbonyl (C=O) groups is 1. The van der Waals surface area contributed by atoms with Gasteiger partial charge < -0.3 is 18.5 Å². The summed E-state index contributed by atoms with van der Waals surface area (Å²) >= 11 is 6.81. The lowest BCUT2D eigenvalue weighted by atomic mass is 10.0. The van der Waals surface area contributed by atoms with E-state index in [-0.39, 0.29) is 11.6 Å². The SMILES string of the molecule is CC(C)N(SN(C)C(=O)Oc1cccc2c1OC(C)(C)C2)P1(=S)OCCCO1. The average Bonchev–Trinajstić information content (AvgIpc) is 2.94. The van der Waals surface area contributed by atoms with Gasteiger partial charge in [0.05, 0.1) is 25.3 Å². The number of benzene rings is 1. The van der Waals surface area contributed by atoms with Crippen molar-refractivity contribution in [3.8, 4) is 11.5 Å². The molecule has 2 aliphatic rings. The Morgan fingerprint density at radius 2 is 2.00 bits per heavy atom. The lowest BCUT2D eigenvalue weighted by Gasteiger charge is -2.38. The highest BCUT2D eigenvalue weighted by atomic mass is 32.5. The molecule has 0 saturated carbocycles. The molecule has 2 aliphatic heterocycles. The van der Waals surface area contributed by atoms with Crippen molar-refractivity contribution >= 4 is 36.7 Å². The van der Waals surface area contributed by atoms with Crippen molar-refractivity contribution in [2.24, 2.45) is 0 Å². The molecule has 1 amide bonds. The van der Waals surface area contributed by atoms with Crippen LogP contribution in [0.5, 0.6) is 11.5 Å². The van der Waals surface area contributed by atoms with Gasteiger partial charge >= 0.3 is 6.09 Å². The van der Waals surface area contributed by atoms with Gasteiger partial charge in [-0.25, -0.2) is 9.10 Å². The first-order chi connectivity index (χ1) is 13.1. The van der Waals surface area contributed by atoms with Crippen LogP contribution in [-0.4, -0.2) is 46.4 Å². The van der Waals surface area contributed by atoms with Crippen molar-refractivity contribution in [2.45, 2.75) is 52.2 Å². The van der Waals surface area contributed by atoms with Crippen LogP contribution in [0, 0.1) is 0 Å². The average molecular weight is 447 g/mol. The van der Waals surface area contributed by atoms with Gasteiger partial charge in [-0.1, -0.05) is 12.1 Å². The minimum atomic E-state index is -2.63. The summed E-state index contributed by atoms with van der Waals surface area (Å²) in [5, 5.41) is 0. The summed E-state index contributed by atoms with van der Waals surface area (Å²) in [7, 11) is 1.64. The number of nitrogens with zero attached hydrogens (tertiary/aromatic N) is 2. The van der Waals surface area contributed by atoms with Gasteiger partial charge in [-0.15, -0.1) is 0 Å². The summed E-state index contributed by atoms with van der Waals surface area (Å²) in [4.78, 5) is 12.7. The van der Waals surface area contributed by atoms with E-state index in [1.807, 2.05) is 43.9 Å². The third kappa shape index (κ3) is 4.83. The Bertz CT molecular complexity index is 779. The molecule has 0 radical (unpaired) electrons. The van der Waals surface area contributed by atoms with Gasteiger partial charge in [0.15, 0.2) is 11.5 Å². The fourth-order valence-corrected chi connectivity index (χ4v) is 7.36. The van der Waals surface area contributed by atoms with Crippen molar-refractivity contribution in [3.63, 3.8) is 0 Å². The van der Waals surface area contributed by atoms with Crippen LogP contribution in [0.4, 0.5) is 4.79 Å². The predicted molar refractivity (Wildman–Crippen MR) is 114 cm³/mol. The Morgan fingerprint density at radius 1 is 1.32 bits per heavy atom. The van der Waals surface area contributed by atoms with Crippen molar-refractivity contribution in [3.05, 3.63) is 23.8 Å². The smallest absolute Gasteiger partial charge is 0.426 e. The molecule has 0 atom stereocenters. The maximum atomic E-state index is 12.7. The molecule has 1 saturated heterocycles. The van der Waals surface area contributed by atoms with E-state index in [0.29, 0.717) is 24.7 Å². The zero-order valence-corrected chi connectivity index (χ0v) is 19.4. The molecule has 0 aromatic heterocycles. The Morgan fingerprint density at radius 3 is 2.64 bits per heavy atom. The number of ether oxygens (including phenoxy) is 2. The van der Waals surface area contributed by atoms with Gasteiger partial charge in [0.25, 0.3) is 6.64 Å². The Balaban J connectivity index is 1.70. The van der Waals surface area contributed by atoms with Gasteiger partial charge in [-0.05, 0) is 52.0 Å². The van der Waals surface area contributed by atoms with Gasteiger partial charge in [0.2, 0.25) is 0 Å². The standard InChI is InChI=1S/C18H27N2O5PS2/c1-13(2)20(26(27)22-10-7-11-23-26)28-19(5)17(21)24-15-9-6-8-14-12-18(3,4)25-16(14)15/h6,8-9,13H,7,10-12H2,1-5H3. The minimum Gasteiger partial charge on any atom is -0.483 e. The number of carbonyl (C=O) groups excluding carboxylic acids is 1. The third-order valence-electron chi connectivity index (χ3n) is 4.20. The minimum absolute atomic E-state index is 0.0225. The summed E-state index contributed by atoms with van der Waals surface area (Å²) in [5.41, 5.74) is 0.725. The number of hydrogen-bond donors (Lipinski definition) is 0. The highest BCUT2D eigenvalue weighted by molar-refractivity contribution is 8.15. The highest BCUT2D eigenvalue weighted by Crippen LogP contribution is 2.59. The summed E-state index contributed by atoms with van der Waals surface area (Å²) in [6, 6.07) is 5.62. The Hall–Kier alpha value is -0.830. The molecule has 1 fully saturated rings. The predicted octanol–water partition coefficient (Wildman–Crippen LogP) is 4.77. The molecular weight excluding hydrogens is 419 g/mol. The topological polar surface area (TPSA) is 60.5 Å². The largest absolute Gasteiger partial charge is 0.483 e. The molecule has 10 heteroatoms. The number of fused-ring (bicyclic) bond motifs is 1. The van der Waals surface area contributed by atoms with Crippen LogP contribution in [-0.2, 0) is 27.3 Å². The van der Waals surface area contributed by atoms with Crippen LogP contribution >= 0.6 is 18.8 Å². The molecule has 0 N–H and O–H groups in total. The van der Waals surface area contributed by atoms with Gasteiger partial charge in [0, 0.05) is 25.1 Å². The molecule has 0 spiro atoms. The van der Waals surface area contributed by atoms with Crippen LogP contribution in [0.1, 0.15) is 39.7 Å². The van der Waals surface area contributed by atoms with Crippen LogP contribution in [0.3, 0.4) is 0 Å². The van der Waals surface area contributed by atoms with Gasteiger partial charge in [-0.3, -0.25) is 0 Å². The maximum Gasteiger partial charge on any atom is 0.426 e. The van der Waals surface area contributed by atoms with E-state index in [1.54, 1.807) is 13.1 Å². The molecule has 1 aromatic carbocycles. The summed E-state index contributed by atoms with van der Waals surface area (Å²) in [5.74, 6) is 1.05. The van der Waals surface area contributed by atoms with Gasteiger partial charge in [0.1, 0.15) is 5.60 Å². The van der Waals surface area contributed by atoms with Crippen LogP contribution in [0.2, 0.25) is 0 Å². The molecule has 3 rings (SSSR count). The summed E-state index contributed by atoms with van der Waals surface area (Å²) < 4.78 is 26.4. The molecule has 0 unspecified atom stereocenters. The van der Waals surface area contributed by atoms with Crippen LogP contribution in [0.25, 0.3) is 0 Å². The molecule has 1 aromatic rings. The molecule has 0 bridgehead atoms. The first-order valence-corrected chi connectivity index (χ1v) is 12.6. The van der Waals surface area contributed by atoms with Crippen molar-refractivity contribution in [2.75, 3.05) is 20.3 Å². The molecule has 2 heterocycles. The van der Waals surface area contributed by atoms with E-state index >= 15 is 0 Å². The fraction of sp³-hybridized carbons (Fsp3) is 0.611. The van der Waals surface area contributed by atoms with E-state index in [1.165, 1.54) is 16.4 Å². The van der Waals surface area contributed by atoms with Crippen molar-refractivity contribution in [1.29, 1.82) is 0 Å². The van der Waals surface area contributed by atoms with E-state index in [2.05, 4.69) is 0 Å². The molecule has 0 aliphatic carbocycles.